The van der Waals surface area contributed by atoms with Crippen LogP contribution in [0.3, 0.4) is 0 Å². The predicted molar refractivity (Wildman–Crippen MR) is 66.1 cm³/mol. The summed E-state index contributed by atoms with van der Waals surface area (Å²) in [6.45, 7) is 4.28. The molecule has 0 spiro atoms. The SMILES string of the molecule is CN1CCN(c2cc(N(C)C)ncn2)CC1. The van der Waals surface area contributed by atoms with Gasteiger partial charge in [-0.25, -0.2) is 9.97 Å². The van der Waals surface area contributed by atoms with E-state index in [9.17, 15) is 0 Å². The molecule has 0 atom stereocenters. The largest absolute Gasteiger partial charge is 0.363 e. The Morgan fingerprint density at radius 2 is 1.81 bits per heavy atom. The van der Waals surface area contributed by atoms with Crippen molar-refractivity contribution in [3.05, 3.63) is 12.4 Å². The van der Waals surface area contributed by atoms with Gasteiger partial charge >= 0.3 is 0 Å². The van der Waals surface area contributed by atoms with Crippen molar-refractivity contribution >= 4 is 11.6 Å². The van der Waals surface area contributed by atoms with Crippen molar-refractivity contribution in [3.63, 3.8) is 0 Å². The maximum Gasteiger partial charge on any atom is 0.134 e. The highest BCUT2D eigenvalue weighted by Gasteiger charge is 2.15. The third-order valence-electron chi connectivity index (χ3n) is 2.92. The zero-order chi connectivity index (χ0) is 11.5. The lowest BCUT2D eigenvalue weighted by Gasteiger charge is -2.33. The van der Waals surface area contributed by atoms with Crippen LogP contribution >= 0.6 is 0 Å². The zero-order valence-corrected chi connectivity index (χ0v) is 10.2. The summed E-state index contributed by atoms with van der Waals surface area (Å²) in [5.41, 5.74) is 0. The van der Waals surface area contributed by atoms with Crippen LogP contribution in [-0.4, -0.2) is 62.2 Å². The van der Waals surface area contributed by atoms with Crippen molar-refractivity contribution in [1.82, 2.24) is 14.9 Å². The standard InChI is InChI=1S/C11H19N5/c1-14(2)10-8-11(13-9-12-10)16-6-4-15(3)5-7-16/h8-9H,4-7H2,1-3H3. The van der Waals surface area contributed by atoms with Gasteiger partial charge in [-0.3, -0.25) is 0 Å². The maximum atomic E-state index is 4.34. The fraction of sp³-hybridized carbons (Fsp3) is 0.636. The van der Waals surface area contributed by atoms with Crippen molar-refractivity contribution in [2.45, 2.75) is 0 Å². The topological polar surface area (TPSA) is 35.5 Å². The van der Waals surface area contributed by atoms with Gasteiger partial charge in [0.1, 0.15) is 18.0 Å². The molecule has 0 bridgehead atoms. The molecule has 1 fully saturated rings. The first kappa shape index (κ1) is 11.1. The lowest BCUT2D eigenvalue weighted by molar-refractivity contribution is 0.312. The Hall–Kier alpha value is -1.36. The summed E-state index contributed by atoms with van der Waals surface area (Å²) in [7, 11) is 6.15. The molecule has 1 saturated heterocycles. The van der Waals surface area contributed by atoms with Crippen molar-refractivity contribution in [2.75, 3.05) is 57.1 Å². The molecule has 2 heterocycles. The number of hydrogen-bond donors (Lipinski definition) is 0. The van der Waals surface area contributed by atoms with Gasteiger partial charge in [0.15, 0.2) is 0 Å². The van der Waals surface area contributed by atoms with E-state index in [2.05, 4.69) is 26.8 Å². The molecule has 0 N–H and O–H groups in total. The second-order valence-electron chi connectivity index (χ2n) is 4.42. The first-order valence-electron chi connectivity index (χ1n) is 5.59. The third-order valence-corrected chi connectivity index (χ3v) is 2.92. The van der Waals surface area contributed by atoms with E-state index in [-0.39, 0.29) is 0 Å². The molecule has 88 valence electrons. The van der Waals surface area contributed by atoms with Gasteiger partial charge in [0.2, 0.25) is 0 Å². The predicted octanol–water partition coefficient (Wildman–Crippen LogP) is 0.294. The number of aromatic nitrogens is 2. The molecule has 5 heteroatoms. The van der Waals surface area contributed by atoms with Gasteiger partial charge in [0, 0.05) is 46.3 Å². The van der Waals surface area contributed by atoms with Crippen LogP contribution in [0.4, 0.5) is 11.6 Å². The van der Waals surface area contributed by atoms with Gasteiger partial charge in [-0.05, 0) is 7.05 Å². The molecule has 1 aromatic rings. The highest BCUT2D eigenvalue weighted by molar-refractivity contribution is 5.49. The number of rotatable bonds is 2. The van der Waals surface area contributed by atoms with Crippen LogP contribution in [0.15, 0.2) is 12.4 Å². The molecule has 0 aromatic carbocycles. The molecule has 16 heavy (non-hydrogen) atoms. The second kappa shape index (κ2) is 4.65. The van der Waals surface area contributed by atoms with Crippen molar-refractivity contribution in [3.8, 4) is 0 Å². The third kappa shape index (κ3) is 2.41. The molecule has 0 unspecified atom stereocenters. The first-order valence-corrected chi connectivity index (χ1v) is 5.59. The smallest absolute Gasteiger partial charge is 0.134 e. The van der Waals surface area contributed by atoms with E-state index in [1.165, 1.54) is 0 Å². The summed E-state index contributed by atoms with van der Waals surface area (Å²) in [6.07, 6.45) is 1.64. The van der Waals surface area contributed by atoms with Gasteiger partial charge in [-0.1, -0.05) is 0 Å². The molecule has 0 radical (unpaired) electrons. The van der Waals surface area contributed by atoms with E-state index < -0.39 is 0 Å². The lowest BCUT2D eigenvalue weighted by Crippen LogP contribution is -2.44. The summed E-state index contributed by atoms with van der Waals surface area (Å²) in [6, 6.07) is 2.05. The Kier molecular flexibility index (Phi) is 3.24. The Morgan fingerprint density at radius 1 is 1.12 bits per heavy atom. The zero-order valence-electron chi connectivity index (χ0n) is 10.2. The summed E-state index contributed by atoms with van der Waals surface area (Å²) in [4.78, 5) is 15.2. The van der Waals surface area contributed by atoms with Crippen LogP contribution in [0.25, 0.3) is 0 Å². The van der Waals surface area contributed by atoms with Gasteiger partial charge in [-0.2, -0.15) is 0 Å². The van der Waals surface area contributed by atoms with Crippen LogP contribution in [0.1, 0.15) is 0 Å². The fourth-order valence-electron chi connectivity index (χ4n) is 1.79. The minimum Gasteiger partial charge on any atom is -0.363 e. The van der Waals surface area contributed by atoms with Crippen molar-refractivity contribution in [1.29, 1.82) is 0 Å². The fourth-order valence-corrected chi connectivity index (χ4v) is 1.79. The number of piperazine rings is 1. The van der Waals surface area contributed by atoms with Crippen molar-refractivity contribution < 1.29 is 0 Å². The van der Waals surface area contributed by atoms with Crippen molar-refractivity contribution in [2.24, 2.45) is 0 Å². The summed E-state index contributed by atoms with van der Waals surface area (Å²) in [5, 5.41) is 0. The minimum atomic E-state index is 0.962. The minimum absolute atomic E-state index is 0.962. The molecular formula is C11H19N5. The quantitative estimate of drug-likeness (QED) is 0.717. The van der Waals surface area contributed by atoms with E-state index >= 15 is 0 Å². The number of nitrogens with zero attached hydrogens (tertiary/aromatic N) is 5. The number of hydrogen-bond acceptors (Lipinski definition) is 5. The highest BCUT2D eigenvalue weighted by Crippen LogP contribution is 2.16. The maximum absolute atomic E-state index is 4.34. The average molecular weight is 221 g/mol. The first-order chi connectivity index (χ1) is 7.66. The molecule has 1 aliphatic heterocycles. The van der Waals surface area contributed by atoms with Crippen LogP contribution in [0, 0.1) is 0 Å². The molecule has 1 aliphatic rings. The van der Waals surface area contributed by atoms with Gasteiger partial charge in [-0.15, -0.1) is 0 Å². The average Bonchev–Trinajstić information content (AvgIpc) is 2.30. The Morgan fingerprint density at radius 3 is 2.44 bits per heavy atom. The summed E-state index contributed by atoms with van der Waals surface area (Å²) < 4.78 is 0. The Bertz CT molecular complexity index is 344. The van der Waals surface area contributed by atoms with Crippen LogP contribution in [0.2, 0.25) is 0 Å². The Labute approximate surface area is 96.7 Å². The molecule has 2 rings (SSSR count). The monoisotopic (exact) mass is 221 g/mol. The lowest BCUT2D eigenvalue weighted by atomic mass is 10.3. The van der Waals surface area contributed by atoms with Crippen LogP contribution < -0.4 is 9.80 Å². The Balaban J connectivity index is 2.11. The van der Waals surface area contributed by atoms with Crippen LogP contribution in [-0.2, 0) is 0 Å². The summed E-state index contributed by atoms with van der Waals surface area (Å²) >= 11 is 0. The van der Waals surface area contributed by atoms with Gasteiger partial charge < -0.3 is 14.7 Å². The molecule has 0 aliphatic carbocycles. The summed E-state index contributed by atoms with van der Waals surface area (Å²) in [5.74, 6) is 2.00. The van der Waals surface area contributed by atoms with E-state index in [0.29, 0.717) is 0 Å². The van der Waals surface area contributed by atoms with Gasteiger partial charge in [0.25, 0.3) is 0 Å². The van der Waals surface area contributed by atoms with Crippen LogP contribution in [0.5, 0.6) is 0 Å². The second-order valence-corrected chi connectivity index (χ2v) is 4.42. The number of likely N-dealkylation sites (N-methyl/N-ethyl adjacent to an activating group) is 1. The van der Waals surface area contributed by atoms with E-state index in [1.54, 1.807) is 6.33 Å². The van der Waals surface area contributed by atoms with E-state index in [1.807, 2.05) is 25.1 Å². The normalized spacial score (nSPS) is 17.6. The highest BCUT2D eigenvalue weighted by atomic mass is 15.3. The van der Waals surface area contributed by atoms with Gasteiger partial charge in [0.05, 0.1) is 0 Å². The van der Waals surface area contributed by atoms with E-state index in [0.717, 1.165) is 37.8 Å². The number of anilines is 2. The molecule has 1 aromatic heterocycles. The molecule has 5 nitrogen and oxygen atoms in total. The molecule has 0 amide bonds. The molecular weight excluding hydrogens is 202 g/mol. The van der Waals surface area contributed by atoms with E-state index in [4.69, 9.17) is 0 Å². The molecule has 0 saturated carbocycles.